The molecule has 0 amide bonds. The van der Waals surface area contributed by atoms with Crippen molar-refractivity contribution in [2.24, 2.45) is 0 Å². The van der Waals surface area contributed by atoms with E-state index in [0.717, 1.165) is 17.0 Å². The van der Waals surface area contributed by atoms with E-state index in [-0.39, 0.29) is 11.6 Å². The van der Waals surface area contributed by atoms with E-state index in [1.807, 2.05) is 31.2 Å². The van der Waals surface area contributed by atoms with E-state index in [2.05, 4.69) is 30.2 Å². The Morgan fingerprint density at radius 2 is 2.05 bits per heavy atom. The van der Waals surface area contributed by atoms with Crippen molar-refractivity contribution in [3.05, 3.63) is 52.8 Å². The Hall–Kier alpha value is -1.74. The van der Waals surface area contributed by atoms with Crippen LogP contribution in [-0.4, -0.2) is 10.6 Å². The maximum Gasteiger partial charge on any atom is 0.132 e. The number of benzene rings is 1. The average Bonchev–Trinajstić information content (AvgIpc) is 2.65. The van der Waals surface area contributed by atoms with Crippen molar-refractivity contribution in [2.45, 2.75) is 32.4 Å². The Bertz CT molecular complexity index is 655. The monoisotopic (exact) mass is 288 g/mol. The van der Waals surface area contributed by atoms with Crippen molar-refractivity contribution in [1.29, 1.82) is 0 Å². The number of anilines is 1. The van der Waals surface area contributed by atoms with Crippen molar-refractivity contribution in [3.63, 3.8) is 0 Å². The fraction of sp³-hybridized carbons (Fsp3) is 0.312. The van der Waals surface area contributed by atoms with Crippen molar-refractivity contribution in [1.82, 2.24) is 4.98 Å². The molecule has 0 bridgehead atoms. The number of aryl methyl sites for hydroxylation is 1. The number of para-hydroxylation sites is 1. The van der Waals surface area contributed by atoms with Crippen LogP contribution in [0.3, 0.4) is 0 Å². The molecule has 1 N–H and O–H groups in total. The summed E-state index contributed by atoms with van der Waals surface area (Å²) in [5.74, 6) is 0.939. The van der Waals surface area contributed by atoms with E-state index in [1.54, 1.807) is 6.20 Å². The first-order valence-electron chi connectivity index (χ1n) is 6.64. The van der Waals surface area contributed by atoms with Gasteiger partial charge >= 0.3 is 0 Å². The maximum atomic E-state index is 6.02. The third-order valence-corrected chi connectivity index (χ3v) is 4.02. The van der Waals surface area contributed by atoms with Crippen LogP contribution in [0.5, 0.6) is 5.75 Å². The van der Waals surface area contributed by atoms with Crippen LogP contribution in [0.25, 0.3) is 0 Å². The SMILES string of the molecule is Cc1cc(NC2c3ccccc3OC2(C)C)cnc1Cl. The number of nitrogens with zero attached hydrogens (tertiary/aromatic N) is 1. The third-order valence-electron chi connectivity index (χ3n) is 3.62. The third kappa shape index (κ3) is 2.22. The van der Waals surface area contributed by atoms with E-state index in [9.17, 15) is 0 Å². The fourth-order valence-electron chi connectivity index (χ4n) is 2.58. The zero-order valence-electron chi connectivity index (χ0n) is 11.8. The zero-order chi connectivity index (χ0) is 14.3. The molecular weight excluding hydrogens is 272 g/mol. The topological polar surface area (TPSA) is 34.1 Å². The normalized spacial score (nSPS) is 19.3. The summed E-state index contributed by atoms with van der Waals surface area (Å²) in [5, 5.41) is 4.05. The van der Waals surface area contributed by atoms with E-state index in [0.29, 0.717) is 5.15 Å². The molecular formula is C16H17ClN2O. The Morgan fingerprint density at radius 3 is 2.80 bits per heavy atom. The summed E-state index contributed by atoms with van der Waals surface area (Å²) in [7, 11) is 0. The number of fused-ring (bicyclic) bond motifs is 1. The highest BCUT2D eigenvalue weighted by Gasteiger charge is 2.40. The number of pyridine rings is 1. The number of rotatable bonds is 2. The minimum Gasteiger partial charge on any atom is -0.485 e. The second kappa shape index (κ2) is 4.67. The first kappa shape index (κ1) is 13.3. The van der Waals surface area contributed by atoms with Crippen molar-refractivity contribution < 1.29 is 4.74 Å². The number of hydrogen-bond donors (Lipinski definition) is 1. The summed E-state index contributed by atoms with van der Waals surface area (Å²) in [6.07, 6.45) is 1.76. The molecule has 3 rings (SSSR count). The lowest BCUT2D eigenvalue weighted by Crippen LogP contribution is -2.34. The highest BCUT2D eigenvalue weighted by atomic mass is 35.5. The predicted octanol–water partition coefficient (Wildman–Crippen LogP) is 4.37. The van der Waals surface area contributed by atoms with Crippen molar-refractivity contribution in [3.8, 4) is 5.75 Å². The van der Waals surface area contributed by atoms with Crippen LogP contribution in [0.4, 0.5) is 5.69 Å². The van der Waals surface area contributed by atoms with Crippen LogP contribution in [-0.2, 0) is 0 Å². The first-order valence-corrected chi connectivity index (χ1v) is 7.02. The van der Waals surface area contributed by atoms with Crippen LogP contribution in [0.15, 0.2) is 36.5 Å². The Labute approximate surface area is 123 Å². The first-order chi connectivity index (χ1) is 9.47. The fourth-order valence-corrected chi connectivity index (χ4v) is 2.69. The number of aromatic nitrogens is 1. The predicted molar refractivity (Wildman–Crippen MR) is 81.5 cm³/mol. The van der Waals surface area contributed by atoms with E-state index in [4.69, 9.17) is 16.3 Å². The van der Waals surface area contributed by atoms with Gasteiger partial charge in [0, 0.05) is 5.56 Å². The second-order valence-electron chi connectivity index (χ2n) is 5.65. The Morgan fingerprint density at radius 1 is 1.30 bits per heavy atom. The highest BCUT2D eigenvalue weighted by molar-refractivity contribution is 6.30. The summed E-state index contributed by atoms with van der Waals surface area (Å²) in [4.78, 5) is 4.19. The summed E-state index contributed by atoms with van der Waals surface area (Å²) < 4.78 is 6.02. The Balaban J connectivity index is 1.94. The minimum absolute atomic E-state index is 0.0843. The number of nitrogens with one attached hydrogen (secondary N) is 1. The van der Waals surface area contributed by atoms with Crippen molar-refractivity contribution >= 4 is 17.3 Å². The molecule has 1 atom stereocenters. The molecule has 1 aliphatic rings. The van der Waals surface area contributed by atoms with Gasteiger partial charge in [-0.15, -0.1) is 0 Å². The molecule has 1 unspecified atom stereocenters. The number of halogens is 1. The van der Waals surface area contributed by atoms with Crippen molar-refractivity contribution in [2.75, 3.05) is 5.32 Å². The maximum absolute atomic E-state index is 6.02. The molecule has 1 aliphatic heterocycles. The second-order valence-corrected chi connectivity index (χ2v) is 6.01. The summed E-state index contributed by atoms with van der Waals surface area (Å²) >= 11 is 5.97. The van der Waals surface area contributed by atoms with Gasteiger partial charge in [0.1, 0.15) is 16.5 Å². The molecule has 104 valence electrons. The van der Waals surface area contributed by atoms with Gasteiger partial charge in [0.15, 0.2) is 0 Å². The quantitative estimate of drug-likeness (QED) is 0.833. The molecule has 0 saturated heterocycles. The number of hydrogen-bond acceptors (Lipinski definition) is 3. The standard InChI is InChI=1S/C16H17ClN2O/c1-10-8-11(9-18-15(10)17)19-14-12-6-4-5-7-13(12)20-16(14,2)3/h4-9,14,19H,1-3H3. The minimum atomic E-state index is -0.308. The zero-order valence-corrected chi connectivity index (χ0v) is 12.5. The molecule has 0 fully saturated rings. The van der Waals surface area contributed by atoms with Gasteiger partial charge in [-0.05, 0) is 38.5 Å². The van der Waals surface area contributed by atoms with Gasteiger partial charge in [-0.1, -0.05) is 29.8 Å². The molecule has 3 nitrogen and oxygen atoms in total. The Kier molecular flexibility index (Phi) is 3.09. The van der Waals surface area contributed by atoms with Gasteiger partial charge in [0.25, 0.3) is 0 Å². The van der Waals surface area contributed by atoms with Gasteiger partial charge < -0.3 is 10.1 Å². The molecule has 0 radical (unpaired) electrons. The van der Waals surface area contributed by atoms with Gasteiger partial charge in [-0.2, -0.15) is 0 Å². The van der Waals surface area contributed by atoms with Crippen LogP contribution in [0.1, 0.15) is 31.0 Å². The van der Waals surface area contributed by atoms with Gasteiger partial charge in [0.2, 0.25) is 0 Å². The lowest BCUT2D eigenvalue weighted by atomic mass is 9.94. The lowest BCUT2D eigenvalue weighted by Gasteiger charge is -2.28. The molecule has 0 aliphatic carbocycles. The van der Waals surface area contributed by atoms with E-state index < -0.39 is 0 Å². The van der Waals surface area contributed by atoms with Crippen LogP contribution < -0.4 is 10.1 Å². The summed E-state index contributed by atoms with van der Waals surface area (Å²) in [6.45, 7) is 6.12. The molecule has 20 heavy (non-hydrogen) atoms. The number of ether oxygens (including phenoxy) is 1. The van der Waals surface area contributed by atoms with E-state index >= 15 is 0 Å². The molecule has 4 heteroatoms. The molecule has 1 aromatic heterocycles. The van der Waals surface area contributed by atoms with E-state index in [1.165, 1.54) is 5.56 Å². The average molecular weight is 289 g/mol. The smallest absolute Gasteiger partial charge is 0.132 e. The largest absolute Gasteiger partial charge is 0.485 e. The molecule has 1 aromatic carbocycles. The van der Waals surface area contributed by atoms with Gasteiger partial charge in [-0.25, -0.2) is 4.98 Å². The lowest BCUT2D eigenvalue weighted by molar-refractivity contribution is 0.118. The molecule has 2 heterocycles. The highest BCUT2D eigenvalue weighted by Crippen LogP contribution is 2.44. The molecule has 0 spiro atoms. The summed E-state index contributed by atoms with van der Waals surface area (Å²) in [5.41, 5.74) is 2.77. The van der Waals surface area contributed by atoms with Crippen LogP contribution in [0.2, 0.25) is 5.15 Å². The van der Waals surface area contributed by atoms with Gasteiger partial charge in [0.05, 0.1) is 17.9 Å². The summed E-state index contributed by atoms with van der Waals surface area (Å²) in [6, 6.07) is 10.2. The molecule has 0 saturated carbocycles. The van der Waals surface area contributed by atoms with Crippen LogP contribution >= 0.6 is 11.6 Å². The molecule has 2 aromatic rings. The van der Waals surface area contributed by atoms with Gasteiger partial charge in [-0.3, -0.25) is 0 Å². The van der Waals surface area contributed by atoms with Crippen LogP contribution in [0, 0.1) is 6.92 Å².